The molecular weight excluding hydrogens is 383 g/mol. The van der Waals surface area contributed by atoms with Gasteiger partial charge in [0.05, 0.1) is 25.3 Å². The number of hydrogen-bond donors (Lipinski definition) is 0. The lowest BCUT2D eigenvalue weighted by atomic mass is 9.93. The third kappa shape index (κ3) is 2.62. The minimum absolute atomic E-state index is 0.0766. The number of allylic oxidation sites excluding steroid dienone is 1. The van der Waals surface area contributed by atoms with Crippen LogP contribution in [0, 0.1) is 6.92 Å². The third-order valence-electron chi connectivity index (χ3n) is 3.99. The summed E-state index contributed by atoms with van der Waals surface area (Å²) in [4.78, 5) is 37.2. The number of carbonyl (C=O) groups excluding carboxylic acids is 3. The van der Waals surface area contributed by atoms with Crippen LogP contribution >= 0.6 is 23.2 Å². The molecule has 1 aliphatic rings. The topological polar surface area (TPSA) is 82.8 Å². The van der Waals surface area contributed by atoms with Gasteiger partial charge in [-0.25, -0.2) is 0 Å². The Labute approximate surface area is 158 Å². The van der Waals surface area contributed by atoms with E-state index in [9.17, 15) is 14.4 Å². The Morgan fingerprint density at radius 1 is 1.04 bits per heavy atom. The van der Waals surface area contributed by atoms with Crippen molar-refractivity contribution < 1.29 is 28.3 Å². The molecule has 1 aromatic heterocycles. The van der Waals surface area contributed by atoms with E-state index in [2.05, 4.69) is 0 Å². The fraction of sp³-hybridized carbons (Fsp3) is 0.167. The Morgan fingerprint density at radius 3 is 2.35 bits per heavy atom. The molecule has 1 aromatic carbocycles. The monoisotopic (exact) mass is 394 g/mol. The van der Waals surface area contributed by atoms with E-state index in [1.807, 2.05) is 0 Å². The van der Waals surface area contributed by atoms with E-state index in [-0.39, 0.29) is 27.5 Å². The quantitative estimate of drug-likeness (QED) is 0.579. The van der Waals surface area contributed by atoms with Gasteiger partial charge in [-0.3, -0.25) is 14.4 Å². The van der Waals surface area contributed by atoms with E-state index in [1.165, 1.54) is 20.3 Å². The number of Topliss-reactive ketones (excluding diaryl/α,β-unsaturated/α-hetero) is 2. The van der Waals surface area contributed by atoms with Gasteiger partial charge in [-0.15, -0.1) is 0 Å². The minimum Gasteiger partial charge on any atom is -0.493 e. The van der Waals surface area contributed by atoms with Crippen LogP contribution in [-0.4, -0.2) is 31.6 Å². The summed E-state index contributed by atoms with van der Waals surface area (Å²) in [6.45, 7) is 1.75. The molecule has 1 heterocycles. The molecule has 26 heavy (non-hydrogen) atoms. The Balaban J connectivity index is 2.15. The summed E-state index contributed by atoms with van der Waals surface area (Å²) in [6.07, 6.45) is 1.09. The summed E-state index contributed by atoms with van der Waals surface area (Å²) in [6, 6.07) is 3.07. The summed E-state index contributed by atoms with van der Waals surface area (Å²) >= 11 is 11.7. The number of ether oxygens (including phenoxy) is 2. The standard InChI is InChI=1S/C18H12Cl2O6/c1-7-4-8(5-10(24-2)17(7)25-3)14(21)9-6-26-18-11(9)15(22)16(23)12(19)13(18)20/h4-6H,1-3H3. The zero-order valence-electron chi connectivity index (χ0n) is 13.9. The van der Waals surface area contributed by atoms with E-state index in [4.69, 9.17) is 37.1 Å². The Hall–Kier alpha value is -2.57. The molecule has 0 unspecified atom stereocenters. The smallest absolute Gasteiger partial charge is 0.246 e. The van der Waals surface area contributed by atoms with Gasteiger partial charge in [-0.05, 0) is 24.6 Å². The average molecular weight is 395 g/mol. The summed E-state index contributed by atoms with van der Waals surface area (Å²) in [5.74, 6) is -1.70. The van der Waals surface area contributed by atoms with Crippen LogP contribution in [0.2, 0.25) is 0 Å². The van der Waals surface area contributed by atoms with Gasteiger partial charge in [0, 0.05) is 5.56 Å². The number of aryl methyl sites for hydroxylation is 1. The first-order chi connectivity index (χ1) is 12.3. The molecule has 0 bridgehead atoms. The van der Waals surface area contributed by atoms with Gasteiger partial charge in [0.2, 0.25) is 11.6 Å². The van der Waals surface area contributed by atoms with E-state index in [1.54, 1.807) is 13.0 Å². The van der Waals surface area contributed by atoms with Crippen molar-refractivity contribution in [3.63, 3.8) is 0 Å². The second-order valence-corrected chi connectivity index (χ2v) is 6.25. The number of fused-ring (bicyclic) bond motifs is 1. The van der Waals surface area contributed by atoms with Crippen LogP contribution in [0.1, 0.15) is 37.6 Å². The number of furan rings is 1. The molecule has 0 aliphatic heterocycles. The van der Waals surface area contributed by atoms with Crippen molar-refractivity contribution in [1.29, 1.82) is 0 Å². The highest BCUT2D eigenvalue weighted by molar-refractivity contribution is 6.71. The normalized spacial score (nSPS) is 13.7. The van der Waals surface area contributed by atoms with Gasteiger partial charge >= 0.3 is 0 Å². The first-order valence-corrected chi connectivity index (χ1v) is 8.10. The van der Waals surface area contributed by atoms with E-state index in [0.717, 1.165) is 6.26 Å². The van der Waals surface area contributed by atoms with Crippen molar-refractivity contribution in [1.82, 2.24) is 0 Å². The number of methoxy groups -OCH3 is 2. The largest absolute Gasteiger partial charge is 0.493 e. The predicted molar refractivity (Wildman–Crippen MR) is 94.4 cm³/mol. The number of ketones is 3. The van der Waals surface area contributed by atoms with Crippen molar-refractivity contribution in [3.8, 4) is 11.5 Å². The highest BCUT2D eigenvalue weighted by Crippen LogP contribution is 2.38. The maximum Gasteiger partial charge on any atom is 0.246 e. The molecule has 0 spiro atoms. The Kier molecular flexibility index (Phi) is 4.64. The van der Waals surface area contributed by atoms with E-state index < -0.39 is 22.4 Å². The Morgan fingerprint density at radius 2 is 1.73 bits per heavy atom. The first-order valence-electron chi connectivity index (χ1n) is 7.35. The second kappa shape index (κ2) is 6.63. The summed E-state index contributed by atoms with van der Waals surface area (Å²) in [5, 5.41) is -0.631. The van der Waals surface area contributed by atoms with Gasteiger partial charge < -0.3 is 13.9 Å². The van der Waals surface area contributed by atoms with E-state index in [0.29, 0.717) is 17.1 Å². The SMILES string of the molecule is COc1cc(C(=O)c2coc3c2C(=O)C(=O)C(Cl)=C3Cl)cc(C)c1OC. The fourth-order valence-corrected chi connectivity index (χ4v) is 3.16. The van der Waals surface area contributed by atoms with Gasteiger partial charge in [0.15, 0.2) is 23.0 Å². The van der Waals surface area contributed by atoms with Crippen molar-refractivity contribution in [3.05, 3.63) is 51.4 Å². The molecule has 0 amide bonds. The predicted octanol–water partition coefficient (Wildman–Crippen LogP) is 3.75. The van der Waals surface area contributed by atoms with Gasteiger partial charge in [-0.1, -0.05) is 23.2 Å². The third-order valence-corrected chi connectivity index (χ3v) is 4.81. The highest BCUT2D eigenvalue weighted by atomic mass is 35.5. The van der Waals surface area contributed by atoms with Crippen molar-refractivity contribution >= 4 is 45.6 Å². The summed E-state index contributed by atoms with van der Waals surface area (Å²) in [7, 11) is 2.93. The van der Waals surface area contributed by atoms with Gasteiger partial charge in [0.1, 0.15) is 16.3 Å². The van der Waals surface area contributed by atoms with Crippen molar-refractivity contribution in [2.75, 3.05) is 14.2 Å². The average Bonchev–Trinajstić information content (AvgIpc) is 3.08. The van der Waals surface area contributed by atoms with Crippen LogP contribution in [0.25, 0.3) is 5.03 Å². The van der Waals surface area contributed by atoms with E-state index >= 15 is 0 Å². The van der Waals surface area contributed by atoms with Gasteiger partial charge in [-0.2, -0.15) is 0 Å². The molecule has 0 saturated carbocycles. The first kappa shape index (κ1) is 18.2. The highest BCUT2D eigenvalue weighted by Gasteiger charge is 2.38. The molecule has 3 rings (SSSR count). The Bertz CT molecular complexity index is 999. The number of halogens is 2. The maximum absolute atomic E-state index is 12.9. The zero-order chi connectivity index (χ0) is 19.2. The molecule has 2 aromatic rings. The lowest BCUT2D eigenvalue weighted by Gasteiger charge is -2.13. The van der Waals surface area contributed by atoms with Crippen molar-refractivity contribution in [2.45, 2.75) is 6.92 Å². The van der Waals surface area contributed by atoms with Crippen LogP contribution in [0.4, 0.5) is 0 Å². The molecule has 8 heteroatoms. The number of hydrogen-bond acceptors (Lipinski definition) is 6. The fourth-order valence-electron chi connectivity index (χ4n) is 2.77. The lowest BCUT2D eigenvalue weighted by molar-refractivity contribution is -0.111. The summed E-state index contributed by atoms with van der Waals surface area (Å²) in [5.41, 5.74) is 0.630. The number of rotatable bonds is 4. The summed E-state index contributed by atoms with van der Waals surface area (Å²) < 4.78 is 15.7. The van der Waals surface area contributed by atoms with Crippen molar-refractivity contribution in [2.24, 2.45) is 0 Å². The number of carbonyl (C=O) groups is 3. The molecule has 0 saturated heterocycles. The van der Waals surface area contributed by atoms with Crippen LogP contribution in [0.5, 0.6) is 11.5 Å². The zero-order valence-corrected chi connectivity index (χ0v) is 15.4. The molecule has 0 N–H and O–H groups in total. The minimum atomic E-state index is -0.983. The van der Waals surface area contributed by atoms with Gasteiger partial charge in [0.25, 0.3) is 0 Å². The maximum atomic E-state index is 12.9. The lowest BCUT2D eigenvalue weighted by Crippen LogP contribution is -2.22. The molecular formula is C18H12Cl2O6. The molecule has 0 fully saturated rings. The molecule has 0 radical (unpaired) electrons. The molecule has 6 nitrogen and oxygen atoms in total. The molecule has 0 atom stereocenters. The molecule has 134 valence electrons. The van der Waals surface area contributed by atoms with Crippen LogP contribution < -0.4 is 9.47 Å². The number of benzene rings is 1. The molecule has 1 aliphatic carbocycles. The second-order valence-electron chi connectivity index (χ2n) is 5.50. The van der Waals surface area contributed by atoms with Crippen LogP contribution in [-0.2, 0) is 4.79 Å². The van der Waals surface area contributed by atoms with Crippen LogP contribution in [0.3, 0.4) is 0 Å². The van der Waals surface area contributed by atoms with Crippen LogP contribution in [0.15, 0.2) is 27.8 Å².